The molecule has 19 heavy (non-hydrogen) atoms. The Labute approximate surface area is 117 Å². The van der Waals surface area contributed by atoms with Crippen molar-refractivity contribution < 1.29 is 22.4 Å². The number of rotatable bonds is 9. The molecular formula is C13H28O5S. The number of ether oxygens (including phenoxy) is 2. The Morgan fingerprint density at radius 1 is 0.842 bits per heavy atom. The first-order chi connectivity index (χ1) is 8.46. The van der Waals surface area contributed by atoms with Gasteiger partial charge in [-0.1, -0.05) is 20.8 Å². The molecule has 0 unspecified atom stereocenters. The van der Waals surface area contributed by atoms with Gasteiger partial charge in [-0.2, -0.15) is 8.42 Å². The van der Waals surface area contributed by atoms with E-state index >= 15 is 0 Å². The first-order valence-corrected chi connectivity index (χ1v) is 8.02. The molecule has 0 fully saturated rings. The first-order valence-electron chi connectivity index (χ1n) is 6.58. The van der Waals surface area contributed by atoms with Crippen LogP contribution in [0, 0.1) is 5.41 Å². The zero-order valence-corrected chi connectivity index (χ0v) is 13.5. The lowest BCUT2D eigenvalue weighted by Gasteiger charge is -2.20. The maximum Gasteiger partial charge on any atom is 0.270 e. The van der Waals surface area contributed by atoms with Crippen molar-refractivity contribution in [3.05, 3.63) is 0 Å². The van der Waals surface area contributed by atoms with Crippen molar-refractivity contribution in [1.82, 2.24) is 0 Å². The second-order valence-electron chi connectivity index (χ2n) is 6.52. The van der Waals surface area contributed by atoms with E-state index < -0.39 is 14.9 Å². The molecule has 1 N–H and O–H groups in total. The van der Waals surface area contributed by atoms with Crippen LogP contribution in [-0.4, -0.2) is 44.1 Å². The van der Waals surface area contributed by atoms with Gasteiger partial charge in [-0.3, -0.25) is 4.55 Å². The van der Waals surface area contributed by atoms with Gasteiger partial charge in [0.1, 0.15) is 0 Å². The van der Waals surface area contributed by atoms with E-state index in [0.717, 1.165) is 6.42 Å². The SMILES string of the molecule is CC(C)(C)CCOCCOCCC(C)(C)S(=O)(=O)O. The fraction of sp³-hybridized carbons (Fsp3) is 1.00. The Kier molecular flexibility index (Phi) is 7.50. The van der Waals surface area contributed by atoms with Gasteiger partial charge in [0.15, 0.2) is 0 Å². The minimum absolute atomic E-state index is 0.258. The minimum Gasteiger partial charge on any atom is -0.379 e. The van der Waals surface area contributed by atoms with Gasteiger partial charge in [0.05, 0.1) is 18.0 Å². The van der Waals surface area contributed by atoms with Crippen LogP contribution < -0.4 is 0 Å². The van der Waals surface area contributed by atoms with Crippen molar-refractivity contribution in [1.29, 1.82) is 0 Å². The Morgan fingerprint density at radius 3 is 1.63 bits per heavy atom. The third kappa shape index (κ3) is 9.38. The van der Waals surface area contributed by atoms with Gasteiger partial charge < -0.3 is 9.47 Å². The minimum atomic E-state index is -4.03. The molecule has 0 aromatic carbocycles. The average Bonchev–Trinajstić information content (AvgIpc) is 2.18. The van der Waals surface area contributed by atoms with Gasteiger partial charge in [-0.05, 0) is 32.1 Å². The van der Waals surface area contributed by atoms with Crippen molar-refractivity contribution in [3.8, 4) is 0 Å². The van der Waals surface area contributed by atoms with Gasteiger partial charge >= 0.3 is 0 Å². The van der Waals surface area contributed by atoms with Crippen LogP contribution in [-0.2, 0) is 19.6 Å². The molecule has 0 aliphatic heterocycles. The number of hydrogen-bond donors (Lipinski definition) is 1. The molecule has 6 heteroatoms. The first kappa shape index (κ1) is 18.8. The molecule has 0 spiro atoms. The van der Waals surface area contributed by atoms with Crippen LogP contribution in [0.1, 0.15) is 47.5 Å². The summed E-state index contributed by atoms with van der Waals surface area (Å²) < 4.78 is 40.6. The van der Waals surface area contributed by atoms with E-state index in [2.05, 4.69) is 20.8 Å². The summed E-state index contributed by atoms with van der Waals surface area (Å²) >= 11 is 0. The van der Waals surface area contributed by atoms with Crippen molar-refractivity contribution in [2.75, 3.05) is 26.4 Å². The van der Waals surface area contributed by atoms with Crippen LogP contribution in [0.3, 0.4) is 0 Å². The summed E-state index contributed by atoms with van der Waals surface area (Å²) in [6.45, 7) is 11.3. The summed E-state index contributed by atoms with van der Waals surface area (Å²) in [7, 11) is -4.03. The highest BCUT2D eigenvalue weighted by Crippen LogP contribution is 2.19. The lowest BCUT2D eigenvalue weighted by molar-refractivity contribution is 0.0362. The summed E-state index contributed by atoms with van der Waals surface area (Å²) in [5.74, 6) is 0. The number of hydrogen-bond acceptors (Lipinski definition) is 4. The smallest absolute Gasteiger partial charge is 0.270 e. The quantitative estimate of drug-likeness (QED) is 0.523. The highest BCUT2D eigenvalue weighted by molar-refractivity contribution is 7.87. The normalized spacial score (nSPS) is 13.8. The molecule has 0 aromatic heterocycles. The summed E-state index contributed by atoms with van der Waals surface area (Å²) in [5, 5.41) is 0. The van der Waals surface area contributed by atoms with Gasteiger partial charge in [0, 0.05) is 13.2 Å². The summed E-state index contributed by atoms with van der Waals surface area (Å²) in [6.07, 6.45) is 1.25. The van der Waals surface area contributed by atoms with Crippen LogP contribution in [0.15, 0.2) is 0 Å². The third-order valence-corrected chi connectivity index (χ3v) is 4.52. The zero-order valence-electron chi connectivity index (χ0n) is 12.7. The predicted molar refractivity (Wildman–Crippen MR) is 76.0 cm³/mol. The zero-order chi connectivity index (χ0) is 15.2. The van der Waals surface area contributed by atoms with E-state index in [-0.39, 0.29) is 18.4 Å². The average molecular weight is 296 g/mol. The predicted octanol–water partition coefficient (Wildman–Crippen LogP) is 2.51. The molecule has 0 aromatic rings. The lowest BCUT2D eigenvalue weighted by Crippen LogP contribution is -2.32. The van der Waals surface area contributed by atoms with E-state index in [9.17, 15) is 8.42 Å². The monoisotopic (exact) mass is 296 g/mol. The topological polar surface area (TPSA) is 72.8 Å². The van der Waals surface area contributed by atoms with Crippen LogP contribution in [0.5, 0.6) is 0 Å². The van der Waals surface area contributed by atoms with Crippen molar-refractivity contribution in [3.63, 3.8) is 0 Å². The van der Waals surface area contributed by atoms with Crippen molar-refractivity contribution >= 4 is 10.1 Å². The lowest BCUT2D eigenvalue weighted by atomic mass is 9.93. The van der Waals surface area contributed by atoms with Crippen molar-refractivity contribution in [2.45, 2.75) is 52.2 Å². The second kappa shape index (κ2) is 7.57. The van der Waals surface area contributed by atoms with E-state index in [1.807, 2.05) is 0 Å². The van der Waals surface area contributed by atoms with E-state index in [1.165, 1.54) is 13.8 Å². The van der Waals surface area contributed by atoms with E-state index in [0.29, 0.717) is 19.8 Å². The fourth-order valence-electron chi connectivity index (χ4n) is 1.15. The molecule has 0 radical (unpaired) electrons. The van der Waals surface area contributed by atoms with Gasteiger partial charge in [-0.15, -0.1) is 0 Å². The standard InChI is InChI=1S/C13H28O5S/c1-12(2,3)6-8-17-10-11-18-9-7-13(4,5)19(14,15)16/h6-11H2,1-5H3,(H,14,15,16). The molecule has 0 saturated heterocycles. The maximum atomic E-state index is 11.0. The third-order valence-electron chi connectivity index (χ3n) is 2.92. The summed E-state index contributed by atoms with van der Waals surface area (Å²) in [5.41, 5.74) is 0.264. The second-order valence-corrected chi connectivity index (χ2v) is 8.58. The summed E-state index contributed by atoms with van der Waals surface area (Å²) in [4.78, 5) is 0. The molecule has 5 nitrogen and oxygen atoms in total. The Morgan fingerprint density at radius 2 is 1.26 bits per heavy atom. The molecule has 0 bridgehead atoms. The highest BCUT2D eigenvalue weighted by Gasteiger charge is 2.31. The maximum absolute atomic E-state index is 11.0. The van der Waals surface area contributed by atoms with Crippen LogP contribution in [0.4, 0.5) is 0 Å². The molecular weight excluding hydrogens is 268 g/mol. The van der Waals surface area contributed by atoms with Crippen LogP contribution in [0.2, 0.25) is 0 Å². The Balaban J connectivity index is 3.57. The van der Waals surface area contributed by atoms with Crippen LogP contribution >= 0.6 is 0 Å². The van der Waals surface area contributed by atoms with Gasteiger partial charge in [0.2, 0.25) is 0 Å². The molecule has 116 valence electrons. The molecule has 0 atom stereocenters. The molecule has 0 heterocycles. The molecule has 0 saturated carbocycles. The largest absolute Gasteiger partial charge is 0.379 e. The van der Waals surface area contributed by atoms with Crippen molar-refractivity contribution in [2.24, 2.45) is 5.41 Å². The van der Waals surface area contributed by atoms with Gasteiger partial charge in [0.25, 0.3) is 10.1 Å². The molecule has 0 rings (SSSR count). The van der Waals surface area contributed by atoms with E-state index in [4.69, 9.17) is 14.0 Å². The molecule has 0 aliphatic rings. The molecule has 0 aliphatic carbocycles. The Bertz CT molecular complexity index is 341. The molecule has 0 amide bonds. The van der Waals surface area contributed by atoms with E-state index in [1.54, 1.807) is 0 Å². The van der Waals surface area contributed by atoms with Gasteiger partial charge in [-0.25, -0.2) is 0 Å². The highest BCUT2D eigenvalue weighted by atomic mass is 32.2. The summed E-state index contributed by atoms with van der Waals surface area (Å²) in [6, 6.07) is 0. The fourth-order valence-corrected chi connectivity index (χ4v) is 1.49. The van der Waals surface area contributed by atoms with Crippen LogP contribution in [0.25, 0.3) is 0 Å². The Hall–Kier alpha value is -0.170.